The standard InChI is InChI=1S/C18H20ClNO3/c1-20(12-14-8-9-17(23-2)15(19)10-14)16(18(21)22)11-13-6-4-3-5-7-13/h3-10,16H,11-12H2,1-2H3,(H,21,22). The minimum absolute atomic E-state index is 0.455. The number of likely N-dealkylation sites (N-methyl/N-ethyl adjacent to an activating group) is 1. The van der Waals surface area contributed by atoms with E-state index >= 15 is 0 Å². The third-order valence-electron chi connectivity index (χ3n) is 3.74. The van der Waals surface area contributed by atoms with Gasteiger partial charge in [0.05, 0.1) is 12.1 Å². The Bertz CT molecular complexity index is 661. The molecule has 0 aliphatic rings. The smallest absolute Gasteiger partial charge is 0.321 e. The third-order valence-corrected chi connectivity index (χ3v) is 4.03. The van der Waals surface area contributed by atoms with Crippen molar-refractivity contribution in [3.05, 3.63) is 64.7 Å². The molecule has 0 saturated heterocycles. The normalized spacial score (nSPS) is 12.2. The predicted molar refractivity (Wildman–Crippen MR) is 91.0 cm³/mol. The van der Waals surface area contributed by atoms with E-state index in [9.17, 15) is 9.90 Å². The number of carbonyl (C=O) groups is 1. The van der Waals surface area contributed by atoms with Crippen molar-refractivity contribution in [1.82, 2.24) is 4.90 Å². The molecular formula is C18H20ClNO3. The maximum atomic E-state index is 11.6. The summed E-state index contributed by atoms with van der Waals surface area (Å²) in [6, 6.07) is 14.5. The van der Waals surface area contributed by atoms with E-state index in [1.165, 1.54) is 0 Å². The average molecular weight is 334 g/mol. The number of rotatable bonds is 7. The zero-order valence-corrected chi connectivity index (χ0v) is 14.0. The maximum absolute atomic E-state index is 11.6. The Kier molecular flexibility index (Phi) is 6.02. The summed E-state index contributed by atoms with van der Waals surface area (Å²) in [6.07, 6.45) is 0.455. The average Bonchev–Trinajstić information content (AvgIpc) is 2.53. The van der Waals surface area contributed by atoms with Gasteiger partial charge >= 0.3 is 5.97 Å². The Morgan fingerprint density at radius 1 is 1.22 bits per heavy atom. The SMILES string of the molecule is COc1ccc(CN(C)C(Cc2ccccc2)C(=O)O)cc1Cl. The van der Waals surface area contributed by atoms with E-state index < -0.39 is 12.0 Å². The van der Waals surface area contributed by atoms with Crippen LogP contribution in [0.4, 0.5) is 0 Å². The van der Waals surface area contributed by atoms with Crippen LogP contribution in [0.5, 0.6) is 5.75 Å². The number of hydrogen-bond acceptors (Lipinski definition) is 3. The van der Waals surface area contributed by atoms with E-state index in [0.717, 1.165) is 11.1 Å². The summed E-state index contributed by atoms with van der Waals surface area (Å²) in [5.41, 5.74) is 1.94. The van der Waals surface area contributed by atoms with Gasteiger partial charge in [-0.1, -0.05) is 48.0 Å². The highest BCUT2D eigenvalue weighted by atomic mass is 35.5. The fraction of sp³-hybridized carbons (Fsp3) is 0.278. The molecule has 0 spiro atoms. The second-order valence-corrected chi connectivity index (χ2v) is 5.83. The molecule has 2 aromatic rings. The highest BCUT2D eigenvalue weighted by Gasteiger charge is 2.23. The van der Waals surface area contributed by atoms with Crippen LogP contribution in [-0.2, 0) is 17.8 Å². The molecule has 0 amide bonds. The van der Waals surface area contributed by atoms with Crippen LogP contribution >= 0.6 is 11.6 Å². The van der Waals surface area contributed by atoms with Crippen molar-refractivity contribution in [3.8, 4) is 5.75 Å². The van der Waals surface area contributed by atoms with Gasteiger partial charge in [0.1, 0.15) is 11.8 Å². The zero-order chi connectivity index (χ0) is 16.8. The van der Waals surface area contributed by atoms with Gasteiger partial charge in [-0.25, -0.2) is 0 Å². The first kappa shape index (κ1) is 17.3. The summed E-state index contributed by atoms with van der Waals surface area (Å²) in [4.78, 5) is 13.4. The molecule has 0 aliphatic carbocycles. The van der Waals surface area contributed by atoms with Crippen LogP contribution in [0.25, 0.3) is 0 Å². The van der Waals surface area contributed by atoms with Gasteiger partial charge in [0.15, 0.2) is 0 Å². The molecular weight excluding hydrogens is 314 g/mol. The molecule has 1 atom stereocenters. The number of hydrogen-bond donors (Lipinski definition) is 1. The maximum Gasteiger partial charge on any atom is 0.321 e. The van der Waals surface area contributed by atoms with Crippen molar-refractivity contribution in [2.75, 3.05) is 14.2 Å². The second kappa shape index (κ2) is 7.99. The molecule has 0 fully saturated rings. The van der Waals surface area contributed by atoms with Gasteiger partial charge in [-0.05, 0) is 36.7 Å². The van der Waals surface area contributed by atoms with Crippen molar-refractivity contribution in [3.63, 3.8) is 0 Å². The Morgan fingerprint density at radius 2 is 1.91 bits per heavy atom. The van der Waals surface area contributed by atoms with E-state index in [0.29, 0.717) is 23.7 Å². The molecule has 0 heterocycles. The van der Waals surface area contributed by atoms with Crippen LogP contribution in [0, 0.1) is 0 Å². The van der Waals surface area contributed by atoms with Gasteiger partial charge in [-0.3, -0.25) is 9.69 Å². The number of halogens is 1. The number of aliphatic carboxylic acids is 1. The Labute approximate surface area is 141 Å². The lowest BCUT2D eigenvalue weighted by atomic mass is 10.0. The van der Waals surface area contributed by atoms with Crippen molar-refractivity contribution in [2.24, 2.45) is 0 Å². The van der Waals surface area contributed by atoms with Gasteiger partial charge in [-0.2, -0.15) is 0 Å². The molecule has 0 aliphatic heterocycles. The van der Waals surface area contributed by atoms with E-state index in [1.807, 2.05) is 41.3 Å². The monoisotopic (exact) mass is 333 g/mol. The lowest BCUT2D eigenvalue weighted by Crippen LogP contribution is -2.39. The first-order chi connectivity index (χ1) is 11.0. The van der Waals surface area contributed by atoms with Crippen LogP contribution in [-0.4, -0.2) is 36.2 Å². The van der Waals surface area contributed by atoms with Crippen LogP contribution in [0.2, 0.25) is 5.02 Å². The molecule has 2 aromatic carbocycles. The van der Waals surface area contributed by atoms with Crippen molar-refractivity contribution in [1.29, 1.82) is 0 Å². The quantitative estimate of drug-likeness (QED) is 0.842. The van der Waals surface area contributed by atoms with Crippen LogP contribution < -0.4 is 4.74 Å². The van der Waals surface area contributed by atoms with Crippen molar-refractivity contribution >= 4 is 17.6 Å². The molecule has 122 valence electrons. The molecule has 23 heavy (non-hydrogen) atoms. The summed E-state index contributed by atoms with van der Waals surface area (Å²) in [7, 11) is 3.37. The van der Waals surface area contributed by atoms with E-state index in [1.54, 1.807) is 26.3 Å². The summed E-state index contributed by atoms with van der Waals surface area (Å²) >= 11 is 6.13. The molecule has 1 unspecified atom stereocenters. The molecule has 0 bridgehead atoms. The molecule has 5 heteroatoms. The number of carboxylic acid groups (broad SMARTS) is 1. The third kappa shape index (κ3) is 4.71. The lowest BCUT2D eigenvalue weighted by Gasteiger charge is -2.25. The van der Waals surface area contributed by atoms with Gasteiger partial charge in [0.25, 0.3) is 0 Å². The number of benzene rings is 2. The van der Waals surface area contributed by atoms with Gasteiger partial charge in [0, 0.05) is 6.54 Å². The summed E-state index contributed by atoms with van der Waals surface area (Å²) in [5, 5.41) is 10.1. The highest BCUT2D eigenvalue weighted by molar-refractivity contribution is 6.32. The molecule has 2 rings (SSSR count). The largest absolute Gasteiger partial charge is 0.495 e. The zero-order valence-electron chi connectivity index (χ0n) is 13.2. The first-order valence-electron chi connectivity index (χ1n) is 7.30. The fourth-order valence-corrected chi connectivity index (χ4v) is 2.76. The van der Waals surface area contributed by atoms with E-state index in [4.69, 9.17) is 16.3 Å². The van der Waals surface area contributed by atoms with Crippen molar-refractivity contribution < 1.29 is 14.6 Å². The van der Waals surface area contributed by atoms with Gasteiger partial charge in [0.2, 0.25) is 0 Å². The Morgan fingerprint density at radius 3 is 2.48 bits per heavy atom. The molecule has 1 N–H and O–H groups in total. The molecule has 0 radical (unpaired) electrons. The van der Waals surface area contributed by atoms with Crippen LogP contribution in [0.1, 0.15) is 11.1 Å². The second-order valence-electron chi connectivity index (χ2n) is 5.43. The summed E-state index contributed by atoms with van der Waals surface area (Å²) in [6.45, 7) is 0.494. The number of methoxy groups -OCH3 is 1. The van der Waals surface area contributed by atoms with Crippen LogP contribution in [0.3, 0.4) is 0 Å². The van der Waals surface area contributed by atoms with Crippen LogP contribution in [0.15, 0.2) is 48.5 Å². The highest BCUT2D eigenvalue weighted by Crippen LogP contribution is 2.25. The molecule has 0 aromatic heterocycles. The predicted octanol–water partition coefficient (Wildman–Crippen LogP) is 3.48. The van der Waals surface area contributed by atoms with Gasteiger partial charge < -0.3 is 9.84 Å². The fourth-order valence-electron chi connectivity index (χ4n) is 2.48. The molecule has 0 saturated carbocycles. The Balaban J connectivity index is 2.10. The molecule has 4 nitrogen and oxygen atoms in total. The summed E-state index contributed by atoms with van der Waals surface area (Å²) < 4.78 is 5.13. The topological polar surface area (TPSA) is 49.8 Å². The number of carboxylic acids is 1. The van der Waals surface area contributed by atoms with E-state index in [-0.39, 0.29) is 0 Å². The van der Waals surface area contributed by atoms with E-state index in [2.05, 4.69) is 0 Å². The minimum Gasteiger partial charge on any atom is -0.495 e. The minimum atomic E-state index is -0.837. The summed E-state index contributed by atoms with van der Waals surface area (Å²) in [5.74, 6) is -0.229. The van der Waals surface area contributed by atoms with Gasteiger partial charge in [-0.15, -0.1) is 0 Å². The number of ether oxygens (including phenoxy) is 1. The first-order valence-corrected chi connectivity index (χ1v) is 7.68. The lowest BCUT2D eigenvalue weighted by molar-refractivity contribution is -0.142. The van der Waals surface area contributed by atoms with Crippen molar-refractivity contribution in [2.45, 2.75) is 19.0 Å². The Hall–Kier alpha value is -2.04. The number of nitrogens with zero attached hydrogens (tertiary/aromatic N) is 1.